The van der Waals surface area contributed by atoms with Gasteiger partial charge in [0.15, 0.2) is 11.5 Å². The Balaban J connectivity index is 0.00000242. The standard InChI is InChI=1S/C18H23NO2.ClH/c1-3-21-17-10-9-15(13-18(17)20-2)11-12-19-14-16-7-5-4-6-8-16;/h4-10,13,19H,3,11-12,14H2,1-2H3;1H. The van der Waals surface area contributed by atoms with Crippen molar-refractivity contribution in [2.45, 2.75) is 19.9 Å². The molecule has 2 aromatic carbocycles. The lowest BCUT2D eigenvalue weighted by Crippen LogP contribution is -2.16. The normalized spacial score (nSPS) is 9.91. The summed E-state index contributed by atoms with van der Waals surface area (Å²) in [6, 6.07) is 16.6. The van der Waals surface area contributed by atoms with Crippen LogP contribution in [-0.2, 0) is 13.0 Å². The van der Waals surface area contributed by atoms with E-state index in [2.05, 4.69) is 41.7 Å². The predicted octanol–water partition coefficient (Wildman–Crippen LogP) is 3.85. The van der Waals surface area contributed by atoms with Gasteiger partial charge < -0.3 is 14.8 Å². The van der Waals surface area contributed by atoms with E-state index in [-0.39, 0.29) is 12.4 Å². The fraction of sp³-hybridized carbons (Fsp3) is 0.333. The molecule has 0 saturated heterocycles. The van der Waals surface area contributed by atoms with Gasteiger partial charge in [0.2, 0.25) is 0 Å². The molecule has 4 heteroatoms. The molecule has 0 aliphatic rings. The highest BCUT2D eigenvalue weighted by Crippen LogP contribution is 2.28. The van der Waals surface area contributed by atoms with Crippen LogP contribution in [0.1, 0.15) is 18.1 Å². The van der Waals surface area contributed by atoms with Gasteiger partial charge in [-0.15, -0.1) is 12.4 Å². The summed E-state index contributed by atoms with van der Waals surface area (Å²) in [5.41, 5.74) is 2.55. The zero-order valence-corrected chi connectivity index (χ0v) is 14.0. The van der Waals surface area contributed by atoms with Crippen LogP contribution in [0.15, 0.2) is 48.5 Å². The molecule has 1 N–H and O–H groups in total. The van der Waals surface area contributed by atoms with Crippen molar-refractivity contribution in [2.24, 2.45) is 0 Å². The molecule has 0 unspecified atom stereocenters. The zero-order valence-electron chi connectivity index (χ0n) is 13.2. The maximum absolute atomic E-state index is 5.53. The molecule has 3 nitrogen and oxygen atoms in total. The Morgan fingerprint density at radius 1 is 0.955 bits per heavy atom. The van der Waals surface area contributed by atoms with E-state index in [9.17, 15) is 0 Å². The van der Waals surface area contributed by atoms with Gasteiger partial charge in [-0.1, -0.05) is 36.4 Å². The average molecular weight is 322 g/mol. The monoisotopic (exact) mass is 321 g/mol. The molecule has 2 rings (SSSR count). The van der Waals surface area contributed by atoms with Crippen molar-refractivity contribution < 1.29 is 9.47 Å². The summed E-state index contributed by atoms with van der Waals surface area (Å²) in [6.45, 7) is 4.45. The van der Waals surface area contributed by atoms with E-state index in [0.717, 1.165) is 31.0 Å². The van der Waals surface area contributed by atoms with Crippen molar-refractivity contribution in [3.05, 3.63) is 59.7 Å². The Hall–Kier alpha value is -1.71. The highest BCUT2D eigenvalue weighted by molar-refractivity contribution is 5.85. The van der Waals surface area contributed by atoms with E-state index in [1.165, 1.54) is 11.1 Å². The van der Waals surface area contributed by atoms with Crippen molar-refractivity contribution in [2.75, 3.05) is 20.3 Å². The third kappa shape index (κ3) is 5.58. The second-order valence-electron chi connectivity index (χ2n) is 4.83. The fourth-order valence-electron chi connectivity index (χ4n) is 2.20. The van der Waals surface area contributed by atoms with E-state index in [1.54, 1.807) is 7.11 Å². The number of rotatable bonds is 8. The highest BCUT2D eigenvalue weighted by atomic mass is 35.5. The zero-order chi connectivity index (χ0) is 14.9. The number of hydrogen-bond acceptors (Lipinski definition) is 3. The van der Waals surface area contributed by atoms with Crippen molar-refractivity contribution in [3.8, 4) is 11.5 Å². The number of halogens is 1. The molecule has 0 aliphatic heterocycles. The van der Waals surface area contributed by atoms with Gasteiger partial charge in [-0.3, -0.25) is 0 Å². The van der Waals surface area contributed by atoms with E-state index in [4.69, 9.17) is 9.47 Å². The Labute approximate surface area is 139 Å². The second-order valence-corrected chi connectivity index (χ2v) is 4.83. The fourth-order valence-corrected chi connectivity index (χ4v) is 2.20. The van der Waals surface area contributed by atoms with Gasteiger partial charge in [-0.2, -0.15) is 0 Å². The quantitative estimate of drug-likeness (QED) is 0.749. The Morgan fingerprint density at radius 2 is 1.73 bits per heavy atom. The van der Waals surface area contributed by atoms with Crippen LogP contribution in [0.2, 0.25) is 0 Å². The first-order valence-corrected chi connectivity index (χ1v) is 7.38. The van der Waals surface area contributed by atoms with Crippen LogP contribution >= 0.6 is 12.4 Å². The minimum absolute atomic E-state index is 0. The molecule has 0 aliphatic carbocycles. The van der Waals surface area contributed by atoms with Crippen LogP contribution in [0.25, 0.3) is 0 Å². The molecule has 22 heavy (non-hydrogen) atoms. The lowest BCUT2D eigenvalue weighted by molar-refractivity contribution is 0.310. The SMILES string of the molecule is CCOc1ccc(CCNCc2ccccc2)cc1OC.Cl. The van der Waals surface area contributed by atoms with E-state index < -0.39 is 0 Å². The molecule has 0 fully saturated rings. The Kier molecular flexibility index (Phi) is 8.41. The summed E-state index contributed by atoms with van der Waals surface area (Å²) in [4.78, 5) is 0. The van der Waals surface area contributed by atoms with Gasteiger partial charge in [-0.05, 0) is 43.1 Å². The summed E-state index contributed by atoms with van der Waals surface area (Å²) >= 11 is 0. The van der Waals surface area contributed by atoms with Crippen LogP contribution in [0.4, 0.5) is 0 Å². The first kappa shape index (κ1) is 18.3. The van der Waals surface area contributed by atoms with Crippen LogP contribution in [-0.4, -0.2) is 20.3 Å². The first-order valence-electron chi connectivity index (χ1n) is 7.38. The molecule has 0 aromatic heterocycles. The van der Waals surface area contributed by atoms with Gasteiger partial charge in [0, 0.05) is 6.54 Å². The van der Waals surface area contributed by atoms with Crippen LogP contribution < -0.4 is 14.8 Å². The third-order valence-electron chi connectivity index (χ3n) is 3.29. The van der Waals surface area contributed by atoms with Crippen LogP contribution in [0.5, 0.6) is 11.5 Å². The van der Waals surface area contributed by atoms with Gasteiger partial charge >= 0.3 is 0 Å². The number of nitrogens with one attached hydrogen (secondary N) is 1. The van der Waals surface area contributed by atoms with Crippen LogP contribution in [0, 0.1) is 0 Å². The molecule has 0 saturated carbocycles. The van der Waals surface area contributed by atoms with E-state index >= 15 is 0 Å². The number of methoxy groups -OCH3 is 1. The van der Waals surface area contributed by atoms with Gasteiger partial charge in [-0.25, -0.2) is 0 Å². The molecule has 0 atom stereocenters. The molecule has 0 spiro atoms. The number of benzene rings is 2. The lowest BCUT2D eigenvalue weighted by Gasteiger charge is -2.11. The summed E-state index contributed by atoms with van der Waals surface area (Å²) in [7, 11) is 1.68. The molecule has 0 radical (unpaired) electrons. The first-order chi connectivity index (χ1) is 10.3. The molecular formula is C18H24ClNO2. The number of hydrogen-bond donors (Lipinski definition) is 1. The topological polar surface area (TPSA) is 30.5 Å². The largest absolute Gasteiger partial charge is 0.493 e. The third-order valence-corrected chi connectivity index (χ3v) is 3.29. The smallest absolute Gasteiger partial charge is 0.161 e. The van der Waals surface area contributed by atoms with Gasteiger partial charge in [0.1, 0.15) is 0 Å². The average Bonchev–Trinajstić information content (AvgIpc) is 2.54. The van der Waals surface area contributed by atoms with Gasteiger partial charge in [0.25, 0.3) is 0 Å². The predicted molar refractivity (Wildman–Crippen MR) is 93.3 cm³/mol. The van der Waals surface area contributed by atoms with Crippen molar-refractivity contribution in [1.29, 1.82) is 0 Å². The minimum Gasteiger partial charge on any atom is -0.493 e. The molecule has 2 aromatic rings. The highest BCUT2D eigenvalue weighted by Gasteiger charge is 2.05. The molecule has 0 heterocycles. The maximum Gasteiger partial charge on any atom is 0.161 e. The number of ether oxygens (including phenoxy) is 2. The van der Waals surface area contributed by atoms with E-state index in [0.29, 0.717) is 6.61 Å². The van der Waals surface area contributed by atoms with Crippen molar-refractivity contribution in [1.82, 2.24) is 5.32 Å². The second kappa shape index (κ2) is 10.1. The van der Waals surface area contributed by atoms with Crippen molar-refractivity contribution >= 4 is 12.4 Å². The van der Waals surface area contributed by atoms with Crippen LogP contribution in [0.3, 0.4) is 0 Å². The molecule has 0 amide bonds. The summed E-state index contributed by atoms with van der Waals surface area (Å²) in [5.74, 6) is 1.61. The summed E-state index contributed by atoms with van der Waals surface area (Å²) in [5, 5.41) is 3.46. The molecular weight excluding hydrogens is 298 g/mol. The Morgan fingerprint density at radius 3 is 2.41 bits per heavy atom. The Bertz CT molecular complexity index is 546. The van der Waals surface area contributed by atoms with E-state index in [1.807, 2.05) is 19.1 Å². The minimum atomic E-state index is 0. The molecule has 120 valence electrons. The summed E-state index contributed by atoms with van der Waals surface area (Å²) in [6.07, 6.45) is 0.968. The molecule has 0 bridgehead atoms. The van der Waals surface area contributed by atoms with Crippen molar-refractivity contribution in [3.63, 3.8) is 0 Å². The van der Waals surface area contributed by atoms with Gasteiger partial charge in [0.05, 0.1) is 13.7 Å². The summed E-state index contributed by atoms with van der Waals surface area (Å²) < 4.78 is 10.9. The lowest BCUT2D eigenvalue weighted by atomic mass is 10.1. The maximum atomic E-state index is 5.53.